The monoisotopic (exact) mass is 193 g/mol. The van der Waals surface area contributed by atoms with Gasteiger partial charge in [0.25, 0.3) is 0 Å². The highest BCUT2D eigenvalue weighted by Crippen LogP contribution is 2.09. The molecule has 0 saturated carbocycles. The van der Waals surface area contributed by atoms with Crippen molar-refractivity contribution in [3.8, 4) is 0 Å². The van der Waals surface area contributed by atoms with E-state index in [4.69, 9.17) is 4.74 Å². The van der Waals surface area contributed by atoms with Crippen LogP contribution in [0.15, 0.2) is 30.3 Å². The third kappa shape index (κ3) is 2.85. The predicted molar refractivity (Wildman–Crippen MR) is 52.5 cm³/mol. The van der Waals surface area contributed by atoms with Crippen LogP contribution in [0.3, 0.4) is 0 Å². The lowest BCUT2D eigenvalue weighted by Crippen LogP contribution is -2.21. The second kappa shape index (κ2) is 4.77. The molecule has 1 aromatic carbocycles. The molecule has 0 heterocycles. The van der Waals surface area contributed by atoms with Crippen molar-refractivity contribution < 1.29 is 14.6 Å². The van der Waals surface area contributed by atoms with E-state index in [0.29, 0.717) is 11.5 Å². The number of rotatable bonds is 3. The first-order valence-corrected chi connectivity index (χ1v) is 4.35. The highest BCUT2D eigenvalue weighted by molar-refractivity contribution is 5.89. The molecular formula is C11H13O3. The molecule has 0 bridgehead atoms. The van der Waals surface area contributed by atoms with Gasteiger partial charge in [0.15, 0.2) is 0 Å². The number of aliphatic hydroxyl groups is 1. The van der Waals surface area contributed by atoms with Gasteiger partial charge in [-0.1, -0.05) is 32.0 Å². The summed E-state index contributed by atoms with van der Waals surface area (Å²) in [6, 6.07) is 8.57. The average molecular weight is 193 g/mol. The fourth-order valence-corrected chi connectivity index (χ4v) is 0.862. The summed E-state index contributed by atoms with van der Waals surface area (Å²) < 4.78 is 4.78. The van der Waals surface area contributed by atoms with Crippen LogP contribution in [0.4, 0.5) is 0 Å². The van der Waals surface area contributed by atoms with Gasteiger partial charge in [0.2, 0.25) is 6.29 Å². The predicted octanol–water partition coefficient (Wildman–Crippen LogP) is 1.78. The van der Waals surface area contributed by atoms with Crippen molar-refractivity contribution in [1.82, 2.24) is 0 Å². The van der Waals surface area contributed by atoms with Crippen LogP contribution in [-0.4, -0.2) is 17.4 Å². The number of carbonyl (C=O) groups excluding carboxylic acids is 1. The van der Waals surface area contributed by atoms with Crippen molar-refractivity contribution in [2.75, 3.05) is 0 Å². The summed E-state index contributed by atoms with van der Waals surface area (Å²) in [4.78, 5) is 11.4. The molecule has 1 atom stereocenters. The van der Waals surface area contributed by atoms with E-state index < -0.39 is 12.3 Å². The van der Waals surface area contributed by atoms with Crippen molar-refractivity contribution in [1.29, 1.82) is 0 Å². The van der Waals surface area contributed by atoms with E-state index in [2.05, 4.69) is 0 Å². The van der Waals surface area contributed by atoms with Gasteiger partial charge in [0.1, 0.15) is 0 Å². The maximum atomic E-state index is 11.4. The average Bonchev–Trinajstić information content (AvgIpc) is 2.19. The first-order chi connectivity index (χ1) is 6.61. The Morgan fingerprint density at radius 3 is 2.36 bits per heavy atom. The van der Waals surface area contributed by atoms with Gasteiger partial charge in [0, 0.05) is 5.92 Å². The molecule has 0 aliphatic carbocycles. The third-order valence-electron chi connectivity index (χ3n) is 1.72. The minimum absolute atomic E-state index is 0.438. The zero-order valence-electron chi connectivity index (χ0n) is 8.23. The summed E-state index contributed by atoms with van der Waals surface area (Å²) in [5, 5.41) is 9.28. The largest absolute Gasteiger partial charge is 0.432 e. The lowest BCUT2D eigenvalue weighted by Gasteiger charge is -2.14. The minimum atomic E-state index is -1.12. The molecule has 14 heavy (non-hydrogen) atoms. The maximum Gasteiger partial charge on any atom is 0.340 e. The molecule has 1 N–H and O–H groups in total. The number of esters is 1. The molecule has 0 fully saturated rings. The normalized spacial score (nSPS) is 12.6. The molecule has 0 saturated heterocycles. The second-order valence-electron chi connectivity index (χ2n) is 3.20. The van der Waals surface area contributed by atoms with E-state index in [1.165, 1.54) is 0 Å². The molecule has 1 aromatic rings. The lowest BCUT2D eigenvalue weighted by molar-refractivity contribution is -0.0537. The number of benzene rings is 1. The first kappa shape index (κ1) is 10.7. The Labute approximate surface area is 83.3 Å². The molecule has 0 amide bonds. The highest BCUT2D eigenvalue weighted by Gasteiger charge is 2.16. The van der Waals surface area contributed by atoms with Crippen LogP contribution in [0, 0.1) is 5.92 Å². The molecule has 0 aromatic heterocycles. The van der Waals surface area contributed by atoms with E-state index in [1.807, 2.05) is 6.07 Å². The van der Waals surface area contributed by atoms with Crippen LogP contribution in [0.25, 0.3) is 0 Å². The summed E-state index contributed by atoms with van der Waals surface area (Å²) in [5.41, 5.74) is 0.438. The van der Waals surface area contributed by atoms with Crippen molar-refractivity contribution in [3.05, 3.63) is 41.8 Å². The Hall–Kier alpha value is -1.35. The van der Waals surface area contributed by atoms with Crippen LogP contribution in [0.2, 0.25) is 0 Å². The molecule has 1 unspecified atom stereocenters. The second-order valence-corrected chi connectivity index (χ2v) is 3.20. The van der Waals surface area contributed by atoms with Crippen LogP contribution in [0.5, 0.6) is 0 Å². The topological polar surface area (TPSA) is 46.5 Å². The maximum absolute atomic E-state index is 11.4. The van der Waals surface area contributed by atoms with Gasteiger partial charge in [-0.3, -0.25) is 0 Å². The van der Waals surface area contributed by atoms with Gasteiger partial charge in [-0.15, -0.1) is 0 Å². The zero-order valence-corrected chi connectivity index (χ0v) is 8.23. The quantitative estimate of drug-likeness (QED) is 0.588. The number of carbonyl (C=O) groups is 1. The van der Waals surface area contributed by atoms with Crippen molar-refractivity contribution >= 4 is 5.97 Å². The van der Waals surface area contributed by atoms with E-state index in [9.17, 15) is 9.90 Å². The van der Waals surface area contributed by atoms with Gasteiger partial charge in [0.05, 0.1) is 5.56 Å². The Morgan fingerprint density at radius 2 is 1.86 bits per heavy atom. The third-order valence-corrected chi connectivity index (χ3v) is 1.72. The molecule has 75 valence electrons. The fraction of sp³-hybridized carbons (Fsp3) is 0.273. The van der Waals surface area contributed by atoms with Crippen molar-refractivity contribution in [2.45, 2.75) is 20.1 Å². The Morgan fingerprint density at radius 1 is 1.29 bits per heavy atom. The number of aliphatic hydroxyl groups excluding tert-OH is 1. The SMILES string of the molecule is C[C](C)C(O)OC(=O)c1ccccc1. The summed E-state index contributed by atoms with van der Waals surface area (Å²) in [5.74, 6) is 0.133. The van der Waals surface area contributed by atoms with Crippen molar-refractivity contribution in [2.24, 2.45) is 0 Å². The molecule has 1 radical (unpaired) electrons. The summed E-state index contributed by atoms with van der Waals surface area (Å²) in [7, 11) is 0. The van der Waals surface area contributed by atoms with Crippen LogP contribution in [-0.2, 0) is 4.74 Å². The first-order valence-electron chi connectivity index (χ1n) is 4.35. The summed E-state index contributed by atoms with van der Waals surface area (Å²) in [6.45, 7) is 3.39. The Bertz CT molecular complexity index is 293. The van der Waals surface area contributed by atoms with Crippen LogP contribution >= 0.6 is 0 Å². The standard InChI is InChI=1S/C11H13O3/c1-8(2)10(12)14-11(13)9-6-4-3-5-7-9/h3-7,10,12H,1-2H3. The van der Waals surface area contributed by atoms with E-state index in [0.717, 1.165) is 0 Å². The van der Waals surface area contributed by atoms with Gasteiger partial charge in [-0.05, 0) is 12.1 Å². The number of hydrogen-bond donors (Lipinski definition) is 1. The minimum Gasteiger partial charge on any atom is -0.432 e. The molecule has 0 spiro atoms. The molecule has 0 aliphatic rings. The number of ether oxygens (including phenoxy) is 1. The summed E-state index contributed by atoms with van der Waals surface area (Å²) in [6.07, 6.45) is -1.12. The Kier molecular flexibility index (Phi) is 3.65. The Balaban J connectivity index is 2.60. The van der Waals surface area contributed by atoms with E-state index in [1.54, 1.807) is 38.1 Å². The lowest BCUT2D eigenvalue weighted by atomic mass is 10.2. The van der Waals surface area contributed by atoms with Crippen molar-refractivity contribution in [3.63, 3.8) is 0 Å². The van der Waals surface area contributed by atoms with E-state index >= 15 is 0 Å². The molecule has 3 nitrogen and oxygen atoms in total. The van der Waals surface area contributed by atoms with Gasteiger partial charge in [-0.2, -0.15) is 0 Å². The van der Waals surface area contributed by atoms with Gasteiger partial charge < -0.3 is 9.84 Å². The van der Waals surface area contributed by atoms with Gasteiger partial charge >= 0.3 is 5.97 Å². The van der Waals surface area contributed by atoms with E-state index in [-0.39, 0.29) is 0 Å². The zero-order chi connectivity index (χ0) is 10.6. The number of hydrogen-bond acceptors (Lipinski definition) is 3. The van der Waals surface area contributed by atoms with Crippen LogP contribution in [0.1, 0.15) is 24.2 Å². The molecule has 0 aliphatic heterocycles. The highest BCUT2D eigenvalue weighted by atomic mass is 16.6. The fourth-order valence-electron chi connectivity index (χ4n) is 0.862. The molecule has 1 rings (SSSR count). The smallest absolute Gasteiger partial charge is 0.340 e. The van der Waals surface area contributed by atoms with Gasteiger partial charge in [-0.25, -0.2) is 4.79 Å². The van der Waals surface area contributed by atoms with Crippen LogP contribution < -0.4 is 0 Å². The summed E-state index contributed by atoms with van der Waals surface area (Å²) >= 11 is 0. The molecule has 3 heteroatoms. The molecular weight excluding hydrogens is 180 g/mol.